The van der Waals surface area contributed by atoms with Crippen LogP contribution in [0.4, 0.5) is 0 Å². The molecule has 1 saturated heterocycles. The second-order valence-corrected chi connectivity index (χ2v) is 6.04. The van der Waals surface area contributed by atoms with Gasteiger partial charge in [0.05, 0.1) is 12.1 Å². The zero-order valence-electron chi connectivity index (χ0n) is 13.7. The first-order chi connectivity index (χ1) is 10.5. The number of ether oxygens (including phenoxy) is 1. The van der Waals surface area contributed by atoms with Crippen LogP contribution in [-0.4, -0.2) is 48.2 Å². The zero-order chi connectivity index (χ0) is 16.1. The second-order valence-electron chi connectivity index (χ2n) is 6.04. The highest BCUT2D eigenvalue weighted by molar-refractivity contribution is 5.92. The Morgan fingerprint density at radius 2 is 2.26 bits per heavy atom. The summed E-state index contributed by atoms with van der Waals surface area (Å²) in [4.78, 5) is 30.4. The molecule has 130 valence electrons. The Labute approximate surface area is 142 Å². The summed E-state index contributed by atoms with van der Waals surface area (Å²) in [5.74, 6) is 0.0428. The van der Waals surface area contributed by atoms with Crippen molar-refractivity contribution in [2.75, 3.05) is 20.2 Å². The summed E-state index contributed by atoms with van der Waals surface area (Å²) < 4.78 is 5.40. The summed E-state index contributed by atoms with van der Waals surface area (Å²) in [6, 6.07) is 1.52. The molecule has 1 fully saturated rings. The highest BCUT2D eigenvalue weighted by Crippen LogP contribution is 2.09. The number of H-pyrrole nitrogens is 1. The predicted molar refractivity (Wildman–Crippen MR) is 90.2 cm³/mol. The number of nitrogens with one attached hydrogen (secondary N) is 3. The highest BCUT2D eigenvalue weighted by Gasteiger charge is 2.27. The second kappa shape index (κ2) is 9.00. The van der Waals surface area contributed by atoms with Crippen molar-refractivity contribution >= 4 is 18.3 Å². The molecule has 7 nitrogen and oxygen atoms in total. The van der Waals surface area contributed by atoms with Crippen molar-refractivity contribution in [1.82, 2.24) is 20.6 Å². The number of methoxy groups -OCH3 is 1. The number of nitrogens with zero attached hydrogens (tertiary/aromatic N) is 1. The molecule has 0 aromatic carbocycles. The quantitative estimate of drug-likeness (QED) is 0.722. The van der Waals surface area contributed by atoms with E-state index >= 15 is 0 Å². The molecule has 0 aliphatic carbocycles. The first-order valence-electron chi connectivity index (χ1n) is 7.64. The molecule has 1 amide bonds. The lowest BCUT2D eigenvalue weighted by Gasteiger charge is -2.31. The maximum absolute atomic E-state index is 12.4. The molecular weight excluding hydrogens is 320 g/mol. The van der Waals surface area contributed by atoms with E-state index in [4.69, 9.17) is 4.74 Å². The molecule has 2 heterocycles. The van der Waals surface area contributed by atoms with E-state index in [1.54, 1.807) is 13.2 Å². The van der Waals surface area contributed by atoms with Crippen LogP contribution in [0.1, 0.15) is 36.5 Å². The molecule has 3 N–H and O–H groups in total. The first kappa shape index (κ1) is 19.6. The lowest BCUT2D eigenvalue weighted by Crippen LogP contribution is -2.54. The maximum Gasteiger partial charge on any atom is 0.345 e. The lowest BCUT2D eigenvalue weighted by molar-refractivity contribution is 0.0446. The van der Waals surface area contributed by atoms with Crippen LogP contribution in [0.25, 0.3) is 0 Å². The summed E-state index contributed by atoms with van der Waals surface area (Å²) in [5, 5.41) is 6.12. The molecule has 0 bridgehead atoms. The number of carbonyl (C=O) groups is 1. The van der Waals surface area contributed by atoms with Crippen LogP contribution in [0, 0.1) is 5.92 Å². The molecule has 0 radical (unpaired) electrons. The number of aromatic nitrogens is 2. The van der Waals surface area contributed by atoms with Crippen LogP contribution in [0.3, 0.4) is 0 Å². The number of carbonyl (C=O) groups excluding carboxylic acids is 1. The Morgan fingerprint density at radius 3 is 2.91 bits per heavy atom. The number of hydrogen-bond acceptors (Lipinski definition) is 5. The Bertz CT molecular complexity index is 576. The average molecular weight is 345 g/mol. The van der Waals surface area contributed by atoms with Gasteiger partial charge in [-0.2, -0.15) is 4.98 Å². The molecule has 1 aromatic heterocycles. The van der Waals surface area contributed by atoms with E-state index in [-0.39, 0.29) is 36.2 Å². The van der Waals surface area contributed by atoms with E-state index in [0.29, 0.717) is 18.9 Å². The Hall–Kier alpha value is -1.44. The fraction of sp³-hybridized carbons (Fsp3) is 0.667. The molecule has 2 rings (SSSR count). The summed E-state index contributed by atoms with van der Waals surface area (Å²) in [6.45, 7) is 5.61. The number of aromatic amines is 1. The van der Waals surface area contributed by atoms with Crippen molar-refractivity contribution in [3.8, 4) is 0 Å². The third-order valence-electron chi connectivity index (χ3n) is 3.70. The van der Waals surface area contributed by atoms with E-state index < -0.39 is 5.69 Å². The van der Waals surface area contributed by atoms with Gasteiger partial charge in [0.1, 0.15) is 5.69 Å². The van der Waals surface area contributed by atoms with Crippen LogP contribution in [0.15, 0.2) is 10.9 Å². The van der Waals surface area contributed by atoms with Crippen molar-refractivity contribution < 1.29 is 9.53 Å². The normalized spacial score (nSPS) is 20.9. The van der Waals surface area contributed by atoms with Gasteiger partial charge < -0.3 is 20.4 Å². The summed E-state index contributed by atoms with van der Waals surface area (Å²) in [5.41, 5.74) is 0.387. The molecule has 2 atom stereocenters. The molecule has 8 heteroatoms. The summed E-state index contributed by atoms with van der Waals surface area (Å²) in [7, 11) is 1.64. The van der Waals surface area contributed by atoms with Gasteiger partial charge in [0.2, 0.25) is 0 Å². The molecule has 23 heavy (non-hydrogen) atoms. The Balaban J connectivity index is 0.00000264. The van der Waals surface area contributed by atoms with E-state index in [1.165, 1.54) is 0 Å². The zero-order valence-corrected chi connectivity index (χ0v) is 14.5. The SMILES string of the molecule is CO[C@@H]1CCNC[C@@H]1NC(=O)c1cc(CC(C)C)[nH]c(=O)n1.Cl. The molecule has 1 aliphatic rings. The minimum absolute atomic E-state index is 0. The monoisotopic (exact) mass is 344 g/mol. The Morgan fingerprint density at radius 1 is 1.52 bits per heavy atom. The molecule has 0 saturated carbocycles. The van der Waals surface area contributed by atoms with E-state index in [0.717, 1.165) is 18.7 Å². The third-order valence-corrected chi connectivity index (χ3v) is 3.70. The lowest BCUT2D eigenvalue weighted by atomic mass is 10.0. The van der Waals surface area contributed by atoms with Crippen molar-refractivity contribution in [1.29, 1.82) is 0 Å². The Kier molecular flexibility index (Phi) is 7.67. The standard InChI is InChI=1S/C15H24N4O3.ClH/c1-9(2)6-10-7-11(19-15(21)17-10)14(20)18-12-8-16-5-4-13(12)22-3;/h7,9,12-13,16H,4-6,8H2,1-3H3,(H,18,20)(H,17,19,21);1H/t12-,13+;/m0./s1. The largest absolute Gasteiger partial charge is 0.379 e. The topological polar surface area (TPSA) is 96.1 Å². The molecule has 0 spiro atoms. The predicted octanol–water partition coefficient (Wildman–Crippen LogP) is 0.497. The van der Waals surface area contributed by atoms with Gasteiger partial charge in [-0.3, -0.25) is 4.79 Å². The van der Waals surface area contributed by atoms with Gasteiger partial charge in [0.15, 0.2) is 0 Å². The van der Waals surface area contributed by atoms with Gasteiger partial charge in [0.25, 0.3) is 5.91 Å². The third kappa shape index (κ3) is 5.60. The van der Waals surface area contributed by atoms with Crippen LogP contribution in [0.2, 0.25) is 0 Å². The minimum Gasteiger partial charge on any atom is -0.379 e. The summed E-state index contributed by atoms with van der Waals surface area (Å²) in [6.07, 6.45) is 1.51. The van der Waals surface area contributed by atoms with E-state index in [1.807, 2.05) is 0 Å². The number of amides is 1. The average Bonchev–Trinajstić information content (AvgIpc) is 2.46. The van der Waals surface area contributed by atoms with Gasteiger partial charge in [-0.25, -0.2) is 4.79 Å². The fourth-order valence-electron chi connectivity index (χ4n) is 2.68. The van der Waals surface area contributed by atoms with Crippen molar-refractivity contribution in [3.63, 3.8) is 0 Å². The van der Waals surface area contributed by atoms with Crippen LogP contribution < -0.4 is 16.3 Å². The fourth-order valence-corrected chi connectivity index (χ4v) is 2.68. The van der Waals surface area contributed by atoms with E-state index in [9.17, 15) is 9.59 Å². The van der Waals surface area contributed by atoms with Crippen LogP contribution >= 0.6 is 12.4 Å². The molecular formula is C15H25ClN4O3. The summed E-state index contributed by atoms with van der Waals surface area (Å²) >= 11 is 0. The van der Waals surface area contributed by atoms with E-state index in [2.05, 4.69) is 34.4 Å². The number of hydrogen-bond donors (Lipinski definition) is 3. The van der Waals surface area contributed by atoms with Crippen molar-refractivity contribution in [2.45, 2.75) is 38.8 Å². The van der Waals surface area contributed by atoms with Crippen LogP contribution in [0.5, 0.6) is 0 Å². The molecule has 1 aliphatic heterocycles. The molecule has 0 unspecified atom stereocenters. The highest BCUT2D eigenvalue weighted by atomic mass is 35.5. The number of halogens is 1. The maximum atomic E-state index is 12.4. The number of piperidine rings is 1. The van der Waals surface area contributed by atoms with Gasteiger partial charge in [-0.05, 0) is 31.4 Å². The number of rotatable bonds is 5. The smallest absolute Gasteiger partial charge is 0.345 e. The molecule has 1 aromatic rings. The van der Waals surface area contributed by atoms with Gasteiger partial charge >= 0.3 is 5.69 Å². The van der Waals surface area contributed by atoms with Crippen molar-refractivity contribution in [3.05, 3.63) is 27.9 Å². The minimum atomic E-state index is -0.492. The van der Waals surface area contributed by atoms with Gasteiger partial charge in [-0.1, -0.05) is 13.8 Å². The van der Waals surface area contributed by atoms with Gasteiger partial charge in [-0.15, -0.1) is 12.4 Å². The van der Waals surface area contributed by atoms with Crippen LogP contribution in [-0.2, 0) is 11.2 Å². The van der Waals surface area contributed by atoms with Crippen molar-refractivity contribution in [2.24, 2.45) is 5.92 Å². The van der Waals surface area contributed by atoms with Gasteiger partial charge in [0, 0.05) is 19.3 Å². The first-order valence-corrected chi connectivity index (χ1v) is 7.64.